The van der Waals surface area contributed by atoms with E-state index in [2.05, 4.69) is 22.2 Å². The van der Waals surface area contributed by atoms with E-state index in [0.717, 1.165) is 13.0 Å². The Hall–Kier alpha value is -1.62. The molecule has 1 aliphatic carbocycles. The van der Waals surface area contributed by atoms with E-state index in [0.29, 0.717) is 18.2 Å². The molecule has 1 aromatic heterocycles. The van der Waals surface area contributed by atoms with Crippen LogP contribution in [0.25, 0.3) is 0 Å². The lowest BCUT2D eigenvalue weighted by molar-refractivity contribution is 0.0950. The van der Waals surface area contributed by atoms with Gasteiger partial charge in [-0.3, -0.25) is 9.59 Å². The summed E-state index contributed by atoms with van der Waals surface area (Å²) in [6.45, 7) is 1.67. The van der Waals surface area contributed by atoms with E-state index in [1.807, 2.05) is 0 Å². The standard InChI is InChI=1S/C16H25N3O2/c1-19(14-6-3-2-4-7-14)11-5-10-17-16(21)13-8-9-15(20)18-12-13/h8-9,12,14H,2-7,10-11H2,1H3,(H,17,21)(H,18,20). The van der Waals surface area contributed by atoms with Gasteiger partial charge in [-0.25, -0.2) is 0 Å². The van der Waals surface area contributed by atoms with Crippen LogP contribution in [0.2, 0.25) is 0 Å². The Kier molecular flexibility index (Phi) is 5.99. The lowest BCUT2D eigenvalue weighted by Gasteiger charge is -2.31. The zero-order chi connectivity index (χ0) is 15.1. The van der Waals surface area contributed by atoms with Crippen LogP contribution >= 0.6 is 0 Å². The van der Waals surface area contributed by atoms with E-state index >= 15 is 0 Å². The first-order valence-electron chi connectivity index (χ1n) is 7.84. The molecular formula is C16H25N3O2. The molecule has 0 spiro atoms. The van der Waals surface area contributed by atoms with Gasteiger partial charge in [-0.15, -0.1) is 0 Å². The van der Waals surface area contributed by atoms with Gasteiger partial charge in [0.05, 0.1) is 5.56 Å². The summed E-state index contributed by atoms with van der Waals surface area (Å²) in [7, 11) is 2.18. The van der Waals surface area contributed by atoms with Crippen LogP contribution in [0.5, 0.6) is 0 Å². The molecular weight excluding hydrogens is 266 g/mol. The van der Waals surface area contributed by atoms with E-state index in [-0.39, 0.29) is 11.5 Å². The molecule has 0 atom stereocenters. The highest BCUT2D eigenvalue weighted by Crippen LogP contribution is 2.21. The average molecular weight is 291 g/mol. The van der Waals surface area contributed by atoms with E-state index < -0.39 is 0 Å². The summed E-state index contributed by atoms with van der Waals surface area (Å²) in [5.41, 5.74) is 0.302. The highest BCUT2D eigenvalue weighted by Gasteiger charge is 2.17. The maximum atomic E-state index is 11.9. The number of nitrogens with zero attached hydrogens (tertiary/aromatic N) is 1. The number of H-pyrrole nitrogens is 1. The summed E-state index contributed by atoms with van der Waals surface area (Å²) in [4.78, 5) is 27.7. The van der Waals surface area contributed by atoms with Gasteiger partial charge >= 0.3 is 0 Å². The molecule has 0 unspecified atom stereocenters. The second-order valence-electron chi connectivity index (χ2n) is 5.82. The number of carbonyl (C=O) groups excluding carboxylic acids is 1. The first-order chi connectivity index (χ1) is 10.2. The zero-order valence-electron chi connectivity index (χ0n) is 12.7. The Bertz CT molecular complexity index is 486. The molecule has 0 aromatic carbocycles. The van der Waals surface area contributed by atoms with Gasteiger partial charge in [-0.1, -0.05) is 19.3 Å². The Labute approximate surface area is 125 Å². The molecule has 116 valence electrons. The predicted molar refractivity (Wildman–Crippen MR) is 83.5 cm³/mol. The molecule has 21 heavy (non-hydrogen) atoms. The molecule has 1 aliphatic rings. The van der Waals surface area contributed by atoms with Crippen LogP contribution in [0.1, 0.15) is 48.9 Å². The molecule has 0 saturated heterocycles. The van der Waals surface area contributed by atoms with Gasteiger partial charge in [-0.2, -0.15) is 0 Å². The first-order valence-corrected chi connectivity index (χ1v) is 7.84. The molecule has 2 rings (SSSR count). The van der Waals surface area contributed by atoms with Crippen LogP contribution in [-0.4, -0.2) is 42.0 Å². The molecule has 5 heteroatoms. The second-order valence-corrected chi connectivity index (χ2v) is 5.82. The minimum absolute atomic E-state index is 0.133. The van der Waals surface area contributed by atoms with Crippen molar-refractivity contribution < 1.29 is 4.79 Å². The van der Waals surface area contributed by atoms with Crippen molar-refractivity contribution in [1.29, 1.82) is 0 Å². The maximum Gasteiger partial charge on any atom is 0.252 e. The monoisotopic (exact) mass is 291 g/mol. The normalized spacial score (nSPS) is 16.1. The zero-order valence-corrected chi connectivity index (χ0v) is 12.7. The number of hydrogen-bond acceptors (Lipinski definition) is 3. The summed E-state index contributed by atoms with van der Waals surface area (Å²) in [6, 6.07) is 3.63. The second kappa shape index (κ2) is 7.98. The lowest BCUT2D eigenvalue weighted by atomic mass is 9.94. The molecule has 1 aromatic rings. The molecule has 0 radical (unpaired) electrons. The summed E-state index contributed by atoms with van der Waals surface area (Å²) < 4.78 is 0. The lowest BCUT2D eigenvalue weighted by Crippen LogP contribution is -2.35. The predicted octanol–water partition coefficient (Wildman–Crippen LogP) is 1.76. The fourth-order valence-corrected chi connectivity index (χ4v) is 2.89. The number of aromatic amines is 1. The molecule has 1 heterocycles. The third-order valence-electron chi connectivity index (χ3n) is 4.22. The minimum atomic E-state index is -0.194. The van der Waals surface area contributed by atoms with Crippen molar-refractivity contribution in [3.05, 3.63) is 34.2 Å². The molecule has 0 aliphatic heterocycles. The van der Waals surface area contributed by atoms with Crippen LogP contribution in [0, 0.1) is 0 Å². The molecule has 2 N–H and O–H groups in total. The number of aromatic nitrogens is 1. The smallest absolute Gasteiger partial charge is 0.252 e. The number of hydrogen-bond donors (Lipinski definition) is 2. The van der Waals surface area contributed by atoms with Crippen molar-refractivity contribution in [2.24, 2.45) is 0 Å². The summed E-state index contributed by atoms with van der Waals surface area (Å²) in [5.74, 6) is -0.133. The van der Waals surface area contributed by atoms with E-state index in [1.165, 1.54) is 44.4 Å². The molecule has 1 amide bonds. The summed E-state index contributed by atoms with van der Waals surface area (Å²) in [6.07, 6.45) is 9.07. The maximum absolute atomic E-state index is 11.9. The number of pyridine rings is 1. The van der Waals surface area contributed by atoms with Crippen molar-refractivity contribution in [2.45, 2.75) is 44.6 Å². The van der Waals surface area contributed by atoms with Crippen molar-refractivity contribution in [1.82, 2.24) is 15.2 Å². The third-order valence-corrected chi connectivity index (χ3v) is 4.22. The summed E-state index contributed by atoms with van der Waals surface area (Å²) >= 11 is 0. The topological polar surface area (TPSA) is 65.2 Å². The number of nitrogens with one attached hydrogen (secondary N) is 2. The fraction of sp³-hybridized carbons (Fsp3) is 0.625. The molecule has 1 saturated carbocycles. The van der Waals surface area contributed by atoms with Gasteiger partial charge < -0.3 is 15.2 Å². The minimum Gasteiger partial charge on any atom is -0.352 e. The van der Waals surface area contributed by atoms with E-state index in [9.17, 15) is 9.59 Å². The Morgan fingerprint density at radius 3 is 2.76 bits per heavy atom. The van der Waals surface area contributed by atoms with Gasteiger partial charge in [0.1, 0.15) is 0 Å². The van der Waals surface area contributed by atoms with Crippen molar-refractivity contribution in [2.75, 3.05) is 20.1 Å². The van der Waals surface area contributed by atoms with Crippen LogP contribution in [0.4, 0.5) is 0 Å². The quantitative estimate of drug-likeness (QED) is 0.785. The van der Waals surface area contributed by atoms with Crippen molar-refractivity contribution in [3.8, 4) is 0 Å². The molecule has 0 bridgehead atoms. The largest absolute Gasteiger partial charge is 0.352 e. The fourth-order valence-electron chi connectivity index (χ4n) is 2.89. The van der Waals surface area contributed by atoms with Gasteiger partial charge in [-0.05, 0) is 38.9 Å². The van der Waals surface area contributed by atoms with Crippen molar-refractivity contribution >= 4 is 5.91 Å². The van der Waals surface area contributed by atoms with Crippen LogP contribution in [0.3, 0.4) is 0 Å². The van der Waals surface area contributed by atoms with Gasteiger partial charge in [0.2, 0.25) is 5.56 Å². The van der Waals surface area contributed by atoms with E-state index in [1.54, 1.807) is 6.07 Å². The Balaban J connectivity index is 1.65. The summed E-state index contributed by atoms with van der Waals surface area (Å²) in [5, 5.41) is 2.89. The van der Waals surface area contributed by atoms with Gasteiger partial charge in [0.25, 0.3) is 5.91 Å². The highest BCUT2D eigenvalue weighted by atomic mass is 16.1. The van der Waals surface area contributed by atoms with Gasteiger partial charge in [0, 0.05) is 24.8 Å². The third kappa shape index (κ3) is 5.01. The average Bonchev–Trinajstić information content (AvgIpc) is 2.52. The Morgan fingerprint density at radius 1 is 1.33 bits per heavy atom. The number of rotatable bonds is 6. The van der Waals surface area contributed by atoms with Crippen LogP contribution in [0.15, 0.2) is 23.1 Å². The van der Waals surface area contributed by atoms with Crippen molar-refractivity contribution in [3.63, 3.8) is 0 Å². The van der Waals surface area contributed by atoms with Gasteiger partial charge in [0.15, 0.2) is 0 Å². The Morgan fingerprint density at radius 2 is 2.10 bits per heavy atom. The number of amides is 1. The first kappa shape index (κ1) is 15.8. The van der Waals surface area contributed by atoms with E-state index in [4.69, 9.17) is 0 Å². The van der Waals surface area contributed by atoms with Crippen LogP contribution in [-0.2, 0) is 0 Å². The highest BCUT2D eigenvalue weighted by molar-refractivity contribution is 5.93. The molecule has 5 nitrogen and oxygen atoms in total. The number of carbonyl (C=O) groups is 1. The SMILES string of the molecule is CN(CCCNC(=O)c1ccc(=O)[nH]c1)C1CCCCC1. The van der Waals surface area contributed by atoms with Crippen LogP contribution < -0.4 is 10.9 Å². The molecule has 1 fully saturated rings.